The first-order chi connectivity index (χ1) is 10.6. The first-order valence-corrected chi connectivity index (χ1v) is 7.56. The van der Waals surface area contributed by atoms with Crippen LogP contribution in [0.1, 0.15) is 6.92 Å². The maximum atomic E-state index is 11.9. The standard InChI is InChI=1S/C16H16Cl2N2O2/c1-2-22-12-8-6-11(7-9-12)20-15(21)10-19-14-5-3-4-13(17)16(14)18/h3-9,19H,2,10H2,1H3,(H,20,21). The average molecular weight is 339 g/mol. The molecule has 0 spiro atoms. The number of benzene rings is 2. The van der Waals surface area contributed by atoms with Crippen LogP contribution in [0, 0.1) is 0 Å². The molecule has 0 bridgehead atoms. The Hall–Kier alpha value is -1.91. The molecule has 2 N–H and O–H groups in total. The summed E-state index contributed by atoms with van der Waals surface area (Å²) in [5, 5.41) is 6.58. The minimum atomic E-state index is -0.180. The fourth-order valence-electron chi connectivity index (χ4n) is 1.82. The second-order valence-electron chi connectivity index (χ2n) is 4.46. The van der Waals surface area contributed by atoms with E-state index in [1.54, 1.807) is 42.5 Å². The Bertz CT molecular complexity index is 645. The van der Waals surface area contributed by atoms with Crippen LogP contribution in [0.3, 0.4) is 0 Å². The summed E-state index contributed by atoms with van der Waals surface area (Å²) < 4.78 is 5.34. The highest BCUT2D eigenvalue weighted by atomic mass is 35.5. The number of hydrogen-bond acceptors (Lipinski definition) is 3. The largest absolute Gasteiger partial charge is 0.494 e. The summed E-state index contributed by atoms with van der Waals surface area (Å²) in [5.74, 6) is 0.588. The van der Waals surface area contributed by atoms with E-state index in [1.807, 2.05) is 6.92 Å². The number of carbonyl (C=O) groups excluding carboxylic acids is 1. The molecule has 0 heterocycles. The van der Waals surface area contributed by atoms with Crippen LogP contribution < -0.4 is 15.4 Å². The van der Waals surface area contributed by atoms with Gasteiger partial charge in [0, 0.05) is 5.69 Å². The van der Waals surface area contributed by atoms with E-state index >= 15 is 0 Å². The Morgan fingerprint density at radius 3 is 2.55 bits per heavy atom. The van der Waals surface area contributed by atoms with Gasteiger partial charge in [0.25, 0.3) is 0 Å². The molecule has 0 saturated carbocycles. The van der Waals surface area contributed by atoms with Gasteiger partial charge in [0.2, 0.25) is 5.91 Å². The lowest BCUT2D eigenvalue weighted by atomic mass is 10.3. The lowest BCUT2D eigenvalue weighted by molar-refractivity contribution is -0.114. The molecule has 0 atom stereocenters. The molecule has 0 aromatic heterocycles. The summed E-state index contributed by atoms with van der Waals surface area (Å²) in [5.41, 5.74) is 1.32. The topological polar surface area (TPSA) is 50.4 Å². The fraction of sp³-hybridized carbons (Fsp3) is 0.188. The highest BCUT2D eigenvalue weighted by Crippen LogP contribution is 2.29. The predicted molar refractivity (Wildman–Crippen MR) is 91.2 cm³/mol. The molecular weight excluding hydrogens is 323 g/mol. The van der Waals surface area contributed by atoms with E-state index in [2.05, 4.69) is 10.6 Å². The predicted octanol–water partition coefficient (Wildman–Crippen LogP) is 4.44. The monoisotopic (exact) mass is 338 g/mol. The SMILES string of the molecule is CCOc1ccc(NC(=O)CNc2cccc(Cl)c2Cl)cc1. The van der Waals surface area contributed by atoms with E-state index in [-0.39, 0.29) is 12.5 Å². The Balaban J connectivity index is 1.89. The number of carbonyl (C=O) groups is 1. The van der Waals surface area contributed by atoms with Crippen LogP contribution in [0.5, 0.6) is 5.75 Å². The molecule has 0 aliphatic rings. The molecule has 2 rings (SSSR count). The molecule has 22 heavy (non-hydrogen) atoms. The van der Waals surface area contributed by atoms with Gasteiger partial charge in [-0.3, -0.25) is 4.79 Å². The van der Waals surface area contributed by atoms with Gasteiger partial charge in [-0.05, 0) is 43.3 Å². The number of ether oxygens (including phenoxy) is 1. The molecule has 1 amide bonds. The van der Waals surface area contributed by atoms with Gasteiger partial charge in [0.15, 0.2) is 0 Å². The Labute approximate surface area is 139 Å². The summed E-state index contributed by atoms with van der Waals surface area (Å²) in [4.78, 5) is 11.9. The van der Waals surface area contributed by atoms with Crippen molar-refractivity contribution >= 4 is 40.5 Å². The van der Waals surface area contributed by atoms with Crippen molar-refractivity contribution in [2.45, 2.75) is 6.92 Å². The van der Waals surface area contributed by atoms with Gasteiger partial charge < -0.3 is 15.4 Å². The van der Waals surface area contributed by atoms with Crippen LogP contribution in [-0.4, -0.2) is 19.1 Å². The van der Waals surface area contributed by atoms with Crippen molar-refractivity contribution in [2.24, 2.45) is 0 Å². The van der Waals surface area contributed by atoms with Crippen LogP contribution >= 0.6 is 23.2 Å². The van der Waals surface area contributed by atoms with E-state index < -0.39 is 0 Å². The molecule has 0 saturated heterocycles. The first-order valence-electron chi connectivity index (χ1n) is 6.80. The van der Waals surface area contributed by atoms with Crippen molar-refractivity contribution in [3.63, 3.8) is 0 Å². The van der Waals surface area contributed by atoms with E-state index in [0.717, 1.165) is 5.75 Å². The number of amides is 1. The molecular formula is C16H16Cl2N2O2. The van der Waals surface area contributed by atoms with Crippen molar-refractivity contribution in [1.29, 1.82) is 0 Å². The smallest absolute Gasteiger partial charge is 0.243 e. The molecule has 0 radical (unpaired) electrons. The number of rotatable bonds is 6. The Kier molecular flexibility index (Phi) is 5.92. The van der Waals surface area contributed by atoms with Crippen molar-refractivity contribution in [3.8, 4) is 5.75 Å². The third-order valence-electron chi connectivity index (χ3n) is 2.84. The molecule has 0 aliphatic carbocycles. The van der Waals surface area contributed by atoms with Crippen LogP contribution in [0.2, 0.25) is 10.0 Å². The van der Waals surface area contributed by atoms with Gasteiger partial charge in [-0.2, -0.15) is 0 Å². The second kappa shape index (κ2) is 7.92. The van der Waals surface area contributed by atoms with Crippen LogP contribution in [-0.2, 0) is 4.79 Å². The summed E-state index contributed by atoms with van der Waals surface area (Å²) >= 11 is 12.0. The van der Waals surface area contributed by atoms with Crippen molar-refractivity contribution in [3.05, 3.63) is 52.5 Å². The lowest BCUT2D eigenvalue weighted by Gasteiger charge is -2.10. The van der Waals surface area contributed by atoms with Crippen molar-refractivity contribution < 1.29 is 9.53 Å². The van der Waals surface area contributed by atoms with Gasteiger partial charge in [-0.15, -0.1) is 0 Å². The van der Waals surface area contributed by atoms with Crippen LogP contribution in [0.4, 0.5) is 11.4 Å². The number of anilines is 2. The molecule has 0 aliphatic heterocycles. The zero-order valence-corrected chi connectivity index (χ0v) is 13.5. The maximum Gasteiger partial charge on any atom is 0.243 e. The van der Waals surface area contributed by atoms with E-state index in [0.29, 0.717) is 28.0 Å². The first kappa shape index (κ1) is 16.5. The van der Waals surface area contributed by atoms with Gasteiger partial charge in [0.05, 0.1) is 28.9 Å². The highest BCUT2D eigenvalue weighted by Gasteiger charge is 2.07. The molecule has 2 aromatic rings. The Morgan fingerprint density at radius 2 is 1.86 bits per heavy atom. The normalized spacial score (nSPS) is 10.1. The zero-order valence-electron chi connectivity index (χ0n) is 12.0. The van der Waals surface area contributed by atoms with Crippen LogP contribution in [0.15, 0.2) is 42.5 Å². The number of halogens is 2. The summed E-state index contributed by atoms with van der Waals surface area (Å²) in [7, 11) is 0. The average Bonchev–Trinajstić information content (AvgIpc) is 2.51. The third kappa shape index (κ3) is 4.55. The molecule has 0 fully saturated rings. The van der Waals surface area contributed by atoms with Gasteiger partial charge in [0.1, 0.15) is 5.75 Å². The summed E-state index contributed by atoms with van der Waals surface area (Å²) in [6.45, 7) is 2.62. The summed E-state index contributed by atoms with van der Waals surface area (Å²) in [6, 6.07) is 12.4. The second-order valence-corrected chi connectivity index (χ2v) is 5.25. The van der Waals surface area contributed by atoms with Crippen molar-refractivity contribution in [1.82, 2.24) is 0 Å². The lowest BCUT2D eigenvalue weighted by Crippen LogP contribution is -2.21. The fourth-order valence-corrected chi connectivity index (χ4v) is 2.19. The van der Waals surface area contributed by atoms with E-state index in [1.165, 1.54) is 0 Å². The van der Waals surface area contributed by atoms with Crippen molar-refractivity contribution in [2.75, 3.05) is 23.8 Å². The van der Waals surface area contributed by atoms with Gasteiger partial charge in [-0.25, -0.2) is 0 Å². The van der Waals surface area contributed by atoms with E-state index in [4.69, 9.17) is 27.9 Å². The van der Waals surface area contributed by atoms with E-state index in [9.17, 15) is 4.79 Å². The van der Waals surface area contributed by atoms with Crippen LogP contribution in [0.25, 0.3) is 0 Å². The molecule has 4 nitrogen and oxygen atoms in total. The third-order valence-corrected chi connectivity index (χ3v) is 3.66. The van der Waals surface area contributed by atoms with Gasteiger partial charge >= 0.3 is 0 Å². The number of nitrogens with one attached hydrogen (secondary N) is 2. The zero-order chi connectivity index (χ0) is 15.9. The molecule has 2 aromatic carbocycles. The quantitative estimate of drug-likeness (QED) is 0.818. The highest BCUT2D eigenvalue weighted by molar-refractivity contribution is 6.43. The Morgan fingerprint density at radius 1 is 1.14 bits per heavy atom. The minimum Gasteiger partial charge on any atom is -0.494 e. The van der Waals surface area contributed by atoms with Gasteiger partial charge in [-0.1, -0.05) is 29.3 Å². The molecule has 6 heteroatoms. The summed E-state index contributed by atoms with van der Waals surface area (Å²) in [6.07, 6.45) is 0. The molecule has 116 valence electrons. The molecule has 0 unspecified atom stereocenters. The number of hydrogen-bond donors (Lipinski definition) is 2. The maximum absolute atomic E-state index is 11.9. The minimum absolute atomic E-state index is 0.0905.